The molecule has 0 aliphatic heterocycles. The number of para-hydroxylation sites is 1. The SMILES string of the molecule is CCc1nc(CNc2ccccc2SC(C)C)no1. The average molecular weight is 277 g/mol. The molecular weight excluding hydrogens is 258 g/mol. The van der Waals surface area contributed by atoms with Gasteiger partial charge in [-0.2, -0.15) is 4.98 Å². The highest BCUT2D eigenvalue weighted by Gasteiger charge is 2.07. The van der Waals surface area contributed by atoms with Crippen molar-refractivity contribution < 1.29 is 4.52 Å². The number of thioether (sulfide) groups is 1. The van der Waals surface area contributed by atoms with Gasteiger partial charge in [0, 0.05) is 22.3 Å². The molecule has 0 spiro atoms. The van der Waals surface area contributed by atoms with E-state index >= 15 is 0 Å². The maximum atomic E-state index is 5.09. The van der Waals surface area contributed by atoms with E-state index in [0.717, 1.165) is 12.1 Å². The van der Waals surface area contributed by atoms with Crippen LogP contribution in [-0.2, 0) is 13.0 Å². The van der Waals surface area contributed by atoms with E-state index in [1.54, 1.807) is 0 Å². The third-order valence-corrected chi connectivity index (χ3v) is 3.58. The maximum Gasteiger partial charge on any atom is 0.226 e. The molecule has 0 radical (unpaired) electrons. The van der Waals surface area contributed by atoms with Crippen molar-refractivity contribution in [3.8, 4) is 0 Å². The van der Waals surface area contributed by atoms with Gasteiger partial charge in [-0.1, -0.05) is 38.1 Å². The van der Waals surface area contributed by atoms with Crippen LogP contribution in [-0.4, -0.2) is 15.4 Å². The summed E-state index contributed by atoms with van der Waals surface area (Å²) in [6, 6.07) is 8.28. The van der Waals surface area contributed by atoms with Crippen LogP contribution in [0.15, 0.2) is 33.7 Å². The number of rotatable bonds is 6. The number of nitrogens with zero attached hydrogens (tertiary/aromatic N) is 2. The quantitative estimate of drug-likeness (QED) is 0.815. The number of nitrogens with one attached hydrogen (secondary N) is 1. The van der Waals surface area contributed by atoms with Crippen molar-refractivity contribution >= 4 is 17.4 Å². The monoisotopic (exact) mass is 277 g/mol. The molecule has 1 aromatic carbocycles. The summed E-state index contributed by atoms with van der Waals surface area (Å²) in [7, 11) is 0. The Balaban J connectivity index is 2.02. The first-order valence-electron chi connectivity index (χ1n) is 6.50. The summed E-state index contributed by atoms with van der Waals surface area (Å²) in [6.07, 6.45) is 0.771. The van der Waals surface area contributed by atoms with Gasteiger partial charge in [-0.3, -0.25) is 0 Å². The second-order valence-corrected chi connectivity index (χ2v) is 6.09. The molecule has 1 N–H and O–H groups in total. The number of aromatic nitrogens is 2. The Kier molecular flexibility index (Phi) is 4.85. The van der Waals surface area contributed by atoms with Crippen molar-refractivity contribution in [2.75, 3.05) is 5.32 Å². The molecule has 0 aliphatic rings. The number of hydrogen-bond acceptors (Lipinski definition) is 5. The van der Waals surface area contributed by atoms with Gasteiger partial charge in [0.2, 0.25) is 5.89 Å². The standard InChI is InChI=1S/C14H19N3OS/c1-4-14-16-13(17-18-14)9-15-11-7-5-6-8-12(11)19-10(2)3/h5-8,10,15H,4,9H2,1-3H3. The van der Waals surface area contributed by atoms with Gasteiger partial charge < -0.3 is 9.84 Å². The Morgan fingerprint density at radius 2 is 2.11 bits per heavy atom. The van der Waals surface area contributed by atoms with Crippen molar-refractivity contribution in [3.63, 3.8) is 0 Å². The van der Waals surface area contributed by atoms with Crippen molar-refractivity contribution in [2.45, 2.75) is 43.9 Å². The Labute approximate surface area is 118 Å². The fraction of sp³-hybridized carbons (Fsp3) is 0.429. The molecule has 2 rings (SSSR count). The smallest absolute Gasteiger partial charge is 0.226 e. The number of hydrogen-bond donors (Lipinski definition) is 1. The highest BCUT2D eigenvalue weighted by molar-refractivity contribution is 8.00. The molecule has 0 amide bonds. The maximum absolute atomic E-state index is 5.09. The van der Waals surface area contributed by atoms with Crippen LogP contribution in [0.4, 0.5) is 5.69 Å². The molecule has 0 saturated heterocycles. The Hall–Kier alpha value is -1.49. The summed E-state index contributed by atoms with van der Waals surface area (Å²) >= 11 is 1.84. The topological polar surface area (TPSA) is 51.0 Å². The summed E-state index contributed by atoms with van der Waals surface area (Å²) < 4.78 is 5.09. The molecule has 2 aromatic rings. The zero-order chi connectivity index (χ0) is 13.7. The number of benzene rings is 1. The lowest BCUT2D eigenvalue weighted by molar-refractivity contribution is 0.377. The van der Waals surface area contributed by atoms with Crippen molar-refractivity contribution in [2.24, 2.45) is 0 Å². The Morgan fingerprint density at radius 1 is 1.32 bits per heavy atom. The van der Waals surface area contributed by atoms with E-state index in [2.05, 4.69) is 47.5 Å². The zero-order valence-electron chi connectivity index (χ0n) is 11.5. The van der Waals surface area contributed by atoms with Gasteiger partial charge in [0.15, 0.2) is 5.82 Å². The number of anilines is 1. The molecule has 0 bridgehead atoms. The lowest BCUT2D eigenvalue weighted by atomic mass is 10.3. The molecular formula is C14H19N3OS. The summed E-state index contributed by atoms with van der Waals surface area (Å²) in [5, 5.41) is 7.86. The summed E-state index contributed by atoms with van der Waals surface area (Å²) in [5.74, 6) is 1.38. The minimum Gasteiger partial charge on any atom is -0.377 e. The minimum absolute atomic E-state index is 0.555. The summed E-state index contributed by atoms with van der Waals surface area (Å²) in [6.45, 7) is 6.96. The van der Waals surface area contributed by atoms with Gasteiger partial charge in [0.05, 0.1) is 6.54 Å². The highest BCUT2D eigenvalue weighted by atomic mass is 32.2. The summed E-state index contributed by atoms with van der Waals surface area (Å²) in [4.78, 5) is 5.53. The molecule has 0 aliphatic carbocycles. The minimum atomic E-state index is 0.555. The van der Waals surface area contributed by atoms with E-state index in [4.69, 9.17) is 4.52 Å². The van der Waals surface area contributed by atoms with Crippen LogP contribution in [0.2, 0.25) is 0 Å². The average Bonchev–Trinajstić information content (AvgIpc) is 2.85. The third-order valence-electron chi connectivity index (χ3n) is 2.50. The van der Waals surface area contributed by atoms with Gasteiger partial charge in [-0.15, -0.1) is 11.8 Å². The normalized spacial score (nSPS) is 10.9. The second kappa shape index (κ2) is 6.61. The second-order valence-electron chi connectivity index (χ2n) is 4.47. The van der Waals surface area contributed by atoms with E-state index in [0.29, 0.717) is 23.5 Å². The molecule has 1 aromatic heterocycles. The molecule has 4 nitrogen and oxygen atoms in total. The van der Waals surface area contributed by atoms with E-state index in [9.17, 15) is 0 Å². The molecule has 0 atom stereocenters. The van der Waals surface area contributed by atoms with Gasteiger partial charge >= 0.3 is 0 Å². The van der Waals surface area contributed by atoms with E-state index in [-0.39, 0.29) is 0 Å². The predicted octanol–water partition coefficient (Wildman–Crippen LogP) is 3.74. The van der Waals surface area contributed by atoms with Crippen LogP contribution in [0.5, 0.6) is 0 Å². The molecule has 5 heteroatoms. The molecule has 102 valence electrons. The Morgan fingerprint density at radius 3 is 2.79 bits per heavy atom. The lowest BCUT2D eigenvalue weighted by Crippen LogP contribution is -2.03. The lowest BCUT2D eigenvalue weighted by Gasteiger charge is -2.11. The first-order chi connectivity index (χ1) is 9.19. The molecule has 0 unspecified atom stereocenters. The van der Waals surface area contributed by atoms with Crippen LogP contribution in [0, 0.1) is 0 Å². The summed E-state index contributed by atoms with van der Waals surface area (Å²) in [5.41, 5.74) is 1.11. The van der Waals surface area contributed by atoms with Gasteiger partial charge in [-0.25, -0.2) is 0 Å². The highest BCUT2D eigenvalue weighted by Crippen LogP contribution is 2.30. The van der Waals surface area contributed by atoms with Gasteiger partial charge in [-0.05, 0) is 12.1 Å². The largest absolute Gasteiger partial charge is 0.377 e. The fourth-order valence-corrected chi connectivity index (χ4v) is 2.58. The molecule has 19 heavy (non-hydrogen) atoms. The fourth-order valence-electron chi connectivity index (χ4n) is 1.65. The zero-order valence-corrected chi connectivity index (χ0v) is 12.3. The van der Waals surface area contributed by atoms with Crippen LogP contribution >= 0.6 is 11.8 Å². The predicted molar refractivity (Wildman–Crippen MR) is 78.4 cm³/mol. The molecule has 0 saturated carbocycles. The Bertz CT molecular complexity index is 525. The van der Waals surface area contributed by atoms with Crippen LogP contribution in [0.1, 0.15) is 32.5 Å². The van der Waals surface area contributed by atoms with Gasteiger partial charge in [0.1, 0.15) is 0 Å². The van der Waals surface area contributed by atoms with E-state index < -0.39 is 0 Å². The number of aryl methyl sites for hydroxylation is 1. The van der Waals surface area contributed by atoms with Gasteiger partial charge in [0.25, 0.3) is 0 Å². The molecule has 1 heterocycles. The first kappa shape index (κ1) is 13.9. The van der Waals surface area contributed by atoms with Crippen molar-refractivity contribution in [1.82, 2.24) is 10.1 Å². The van der Waals surface area contributed by atoms with Crippen LogP contribution < -0.4 is 5.32 Å². The van der Waals surface area contributed by atoms with Crippen molar-refractivity contribution in [1.29, 1.82) is 0 Å². The van der Waals surface area contributed by atoms with Crippen LogP contribution in [0.25, 0.3) is 0 Å². The third kappa shape index (κ3) is 3.99. The van der Waals surface area contributed by atoms with E-state index in [1.165, 1.54) is 4.90 Å². The first-order valence-corrected chi connectivity index (χ1v) is 7.38. The van der Waals surface area contributed by atoms with Crippen molar-refractivity contribution in [3.05, 3.63) is 36.0 Å². The molecule has 0 fully saturated rings. The van der Waals surface area contributed by atoms with Crippen LogP contribution in [0.3, 0.4) is 0 Å². The van der Waals surface area contributed by atoms with E-state index in [1.807, 2.05) is 24.8 Å².